The van der Waals surface area contributed by atoms with Crippen LogP contribution in [0, 0.1) is 0 Å². The van der Waals surface area contributed by atoms with Crippen LogP contribution in [0.3, 0.4) is 0 Å². The van der Waals surface area contributed by atoms with Gasteiger partial charge < -0.3 is 0 Å². The van der Waals surface area contributed by atoms with Crippen molar-refractivity contribution in [1.82, 2.24) is 9.97 Å². The van der Waals surface area contributed by atoms with E-state index in [-0.39, 0.29) is 0 Å². The number of aromatic nitrogens is 2. The Kier molecular flexibility index (Phi) is 2.94. The number of hydrogen-bond acceptors (Lipinski definition) is 4. The molecule has 0 saturated heterocycles. The Labute approximate surface area is 77.1 Å². The molecule has 0 aromatic carbocycles. The Morgan fingerprint density at radius 3 is 2.46 bits per heavy atom. The topological polar surface area (TPSA) is 85.9 Å². The van der Waals surface area contributed by atoms with Gasteiger partial charge in [-0.25, -0.2) is 23.5 Å². The molecule has 5 nitrogen and oxygen atoms in total. The summed E-state index contributed by atoms with van der Waals surface area (Å²) in [6.45, 7) is 1.56. The van der Waals surface area contributed by atoms with Crippen LogP contribution in [-0.4, -0.2) is 23.6 Å². The van der Waals surface area contributed by atoms with Crippen LogP contribution in [0.5, 0.6) is 0 Å². The van der Waals surface area contributed by atoms with Gasteiger partial charge in [-0.2, -0.15) is 0 Å². The summed E-state index contributed by atoms with van der Waals surface area (Å²) in [5, 5.41) is 4.36. The van der Waals surface area contributed by atoms with Crippen LogP contribution in [0.1, 0.15) is 12.5 Å². The van der Waals surface area contributed by atoms with Crippen molar-refractivity contribution in [3.63, 3.8) is 0 Å². The van der Waals surface area contributed by atoms with E-state index >= 15 is 0 Å². The maximum atomic E-state index is 10.9. The highest BCUT2D eigenvalue weighted by atomic mass is 32.2. The molecule has 1 aromatic rings. The second kappa shape index (κ2) is 3.80. The Balaban J connectivity index is 2.72. The number of sulfonamides is 1. The average Bonchev–Trinajstić information content (AvgIpc) is 2.04. The summed E-state index contributed by atoms with van der Waals surface area (Å²) in [5.41, 5.74) is 0.768. The van der Waals surface area contributed by atoms with Crippen molar-refractivity contribution in [2.24, 2.45) is 5.14 Å². The van der Waals surface area contributed by atoms with Crippen LogP contribution >= 0.6 is 0 Å². The highest BCUT2D eigenvalue weighted by Gasteiger charge is 2.15. The third-order valence-electron chi connectivity index (χ3n) is 1.70. The Bertz CT molecular complexity index is 363. The summed E-state index contributed by atoms with van der Waals surface area (Å²) in [5.74, 6) is 0. The summed E-state index contributed by atoms with van der Waals surface area (Å²) in [7, 11) is -3.46. The summed E-state index contributed by atoms with van der Waals surface area (Å²) in [6, 6.07) is 0. The Morgan fingerprint density at radius 2 is 2.00 bits per heavy atom. The standard InChI is InChI=1S/C7H11N3O2S/c1-6(13(8,11)12)2-7-3-9-5-10-4-7/h3-6H,2H2,1H3,(H2,8,11,12). The van der Waals surface area contributed by atoms with E-state index in [1.54, 1.807) is 19.3 Å². The van der Waals surface area contributed by atoms with Gasteiger partial charge in [0.2, 0.25) is 10.0 Å². The Morgan fingerprint density at radius 1 is 1.46 bits per heavy atom. The summed E-state index contributed by atoms with van der Waals surface area (Å²) >= 11 is 0. The van der Waals surface area contributed by atoms with Gasteiger partial charge in [-0.05, 0) is 18.9 Å². The van der Waals surface area contributed by atoms with Gasteiger partial charge in [0, 0.05) is 12.4 Å². The van der Waals surface area contributed by atoms with Gasteiger partial charge >= 0.3 is 0 Å². The van der Waals surface area contributed by atoms with Crippen LogP contribution in [0.25, 0.3) is 0 Å². The summed E-state index contributed by atoms with van der Waals surface area (Å²) in [6.07, 6.45) is 4.90. The molecule has 0 aliphatic carbocycles. The molecule has 0 saturated carbocycles. The largest absolute Gasteiger partial charge is 0.245 e. The third-order valence-corrected chi connectivity index (χ3v) is 2.99. The molecule has 13 heavy (non-hydrogen) atoms. The van der Waals surface area contributed by atoms with Gasteiger partial charge in [0.15, 0.2) is 0 Å². The van der Waals surface area contributed by atoms with Gasteiger partial charge in [0.1, 0.15) is 6.33 Å². The lowest BCUT2D eigenvalue weighted by molar-refractivity contribution is 0.584. The van der Waals surface area contributed by atoms with Crippen LogP contribution in [-0.2, 0) is 16.4 Å². The molecule has 72 valence electrons. The fourth-order valence-electron chi connectivity index (χ4n) is 0.883. The van der Waals surface area contributed by atoms with Crippen molar-refractivity contribution in [3.05, 3.63) is 24.3 Å². The number of hydrogen-bond donors (Lipinski definition) is 1. The molecule has 0 aliphatic heterocycles. The van der Waals surface area contributed by atoms with Gasteiger partial charge in [0.25, 0.3) is 0 Å². The van der Waals surface area contributed by atoms with E-state index in [9.17, 15) is 8.42 Å². The monoisotopic (exact) mass is 201 g/mol. The minimum Gasteiger partial charge on any atom is -0.245 e. The molecule has 6 heteroatoms. The van der Waals surface area contributed by atoms with E-state index in [4.69, 9.17) is 5.14 Å². The zero-order valence-electron chi connectivity index (χ0n) is 7.21. The maximum Gasteiger partial charge on any atom is 0.212 e. The molecule has 1 rings (SSSR count). The quantitative estimate of drug-likeness (QED) is 0.727. The summed E-state index contributed by atoms with van der Waals surface area (Å²) in [4.78, 5) is 7.55. The van der Waals surface area contributed by atoms with E-state index in [0.29, 0.717) is 6.42 Å². The molecule has 0 radical (unpaired) electrons. The minimum absolute atomic E-state index is 0.347. The van der Waals surface area contributed by atoms with E-state index in [2.05, 4.69) is 9.97 Å². The van der Waals surface area contributed by atoms with Crippen LogP contribution in [0.15, 0.2) is 18.7 Å². The van der Waals surface area contributed by atoms with Crippen LogP contribution in [0.4, 0.5) is 0 Å². The molecule has 1 unspecified atom stereocenters. The van der Waals surface area contributed by atoms with Gasteiger partial charge in [0.05, 0.1) is 5.25 Å². The zero-order valence-corrected chi connectivity index (χ0v) is 8.03. The smallest absolute Gasteiger partial charge is 0.212 e. The van der Waals surface area contributed by atoms with Gasteiger partial charge in [-0.15, -0.1) is 0 Å². The SMILES string of the molecule is CC(Cc1cncnc1)S(N)(=O)=O. The lowest BCUT2D eigenvalue weighted by Gasteiger charge is -2.07. The lowest BCUT2D eigenvalue weighted by atomic mass is 10.2. The van der Waals surface area contributed by atoms with Crippen LogP contribution in [0.2, 0.25) is 0 Å². The minimum atomic E-state index is -3.46. The normalized spacial score (nSPS) is 14.0. The second-order valence-electron chi connectivity index (χ2n) is 2.85. The zero-order chi connectivity index (χ0) is 9.90. The van der Waals surface area contributed by atoms with E-state index in [1.165, 1.54) is 6.33 Å². The molecular weight excluding hydrogens is 190 g/mol. The molecule has 1 heterocycles. The highest BCUT2D eigenvalue weighted by molar-refractivity contribution is 7.89. The van der Waals surface area contributed by atoms with Crippen molar-refractivity contribution >= 4 is 10.0 Å². The number of primary sulfonamides is 1. The molecule has 0 aliphatic rings. The van der Waals surface area contributed by atoms with Gasteiger partial charge in [-0.3, -0.25) is 0 Å². The fraction of sp³-hybridized carbons (Fsp3) is 0.429. The van der Waals surface area contributed by atoms with Crippen molar-refractivity contribution in [2.75, 3.05) is 0 Å². The first-order valence-corrected chi connectivity index (χ1v) is 5.36. The first kappa shape index (κ1) is 10.1. The number of rotatable bonds is 3. The molecule has 0 fully saturated rings. The fourth-order valence-corrected chi connectivity index (χ4v) is 1.31. The van der Waals surface area contributed by atoms with Gasteiger partial charge in [-0.1, -0.05) is 0 Å². The molecule has 0 amide bonds. The van der Waals surface area contributed by atoms with Crippen molar-refractivity contribution in [2.45, 2.75) is 18.6 Å². The second-order valence-corrected chi connectivity index (χ2v) is 4.83. The van der Waals surface area contributed by atoms with Crippen molar-refractivity contribution in [3.8, 4) is 0 Å². The number of nitrogens with two attached hydrogens (primary N) is 1. The molecule has 1 aromatic heterocycles. The molecule has 0 bridgehead atoms. The van der Waals surface area contributed by atoms with E-state index < -0.39 is 15.3 Å². The van der Waals surface area contributed by atoms with Crippen molar-refractivity contribution in [1.29, 1.82) is 0 Å². The first-order chi connectivity index (χ1) is 6.00. The van der Waals surface area contributed by atoms with Crippen molar-refractivity contribution < 1.29 is 8.42 Å². The predicted octanol–water partition coefficient (Wildman–Crippen LogP) is -0.304. The molecule has 2 N–H and O–H groups in total. The van der Waals surface area contributed by atoms with Crippen LogP contribution < -0.4 is 5.14 Å². The maximum absolute atomic E-state index is 10.9. The summed E-state index contributed by atoms with van der Waals surface area (Å²) < 4.78 is 21.7. The molecular formula is C7H11N3O2S. The average molecular weight is 201 g/mol. The highest BCUT2D eigenvalue weighted by Crippen LogP contribution is 2.04. The van der Waals surface area contributed by atoms with E-state index in [0.717, 1.165) is 5.56 Å². The Hall–Kier alpha value is -1.01. The van der Waals surface area contributed by atoms with E-state index in [1.807, 2.05) is 0 Å². The molecule has 1 atom stereocenters. The predicted molar refractivity (Wildman–Crippen MR) is 48.3 cm³/mol. The third kappa shape index (κ3) is 3.08. The number of nitrogens with zero attached hydrogens (tertiary/aromatic N) is 2. The molecule has 0 spiro atoms. The first-order valence-electron chi connectivity index (χ1n) is 3.75. The lowest BCUT2D eigenvalue weighted by Crippen LogP contribution is -2.27.